The Balaban J connectivity index is 1.42. The minimum absolute atomic E-state index is 0.585. The maximum atomic E-state index is 6.02. The van der Waals surface area contributed by atoms with E-state index in [1.165, 1.54) is 54.4 Å². The van der Waals surface area contributed by atoms with Crippen LogP contribution in [0.15, 0.2) is 73.8 Å². The van der Waals surface area contributed by atoms with E-state index in [1.807, 2.05) is 0 Å². The van der Waals surface area contributed by atoms with E-state index in [2.05, 4.69) is 67.8 Å². The van der Waals surface area contributed by atoms with E-state index in [1.54, 1.807) is 6.08 Å². The van der Waals surface area contributed by atoms with Crippen molar-refractivity contribution in [3.63, 3.8) is 0 Å². The van der Waals surface area contributed by atoms with E-state index < -0.39 is 0 Å². The van der Waals surface area contributed by atoms with E-state index in [9.17, 15) is 0 Å². The van der Waals surface area contributed by atoms with Crippen LogP contribution in [0.4, 0.5) is 0 Å². The Kier molecular flexibility index (Phi) is 8.73. The van der Waals surface area contributed by atoms with E-state index >= 15 is 0 Å². The van der Waals surface area contributed by atoms with Crippen molar-refractivity contribution in [2.45, 2.75) is 45.3 Å². The first kappa shape index (κ1) is 21.5. The van der Waals surface area contributed by atoms with Crippen molar-refractivity contribution in [3.8, 4) is 11.1 Å². The highest BCUT2D eigenvalue weighted by Crippen LogP contribution is 2.31. The Bertz CT molecular complexity index is 737. The van der Waals surface area contributed by atoms with Crippen LogP contribution in [0.2, 0.25) is 0 Å². The molecule has 2 heteroatoms. The summed E-state index contributed by atoms with van der Waals surface area (Å²) >= 11 is 0. The second-order valence-electron chi connectivity index (χ2n) is 8.12. The Morgan fingerprint density at radius 3 is 1.72 bits per heavy atom. The van der Waals surface area contributed by atoms with Gasteiger partial charge in [-0.1, -0.05) is 60.7 Å². The first-order valence-electron chi connectivity index (χ1n) is 10.8. The second kappa shape index (κ2) is 11.7. The number of ether oxygens (including phenoxy) is 2. The fourth-order valence-electron chi connectivity index (χ4n) is 4.06. The Morgan fingerprint density at radius 2 is 1.21 bits per heavy atom. The zero-order chi connectivity index (χ0) is 20.3. The van der Waals surface area contributed by atoms with Gasteiger partial charge in [0.25, 0.3) is 0 Å². The van der Waals surface area contributed by atoms with Crippen molar-refractivity contribution in [1.29, 1.82) is 0 Å². The van der Waals surface area contributed by atoms with Gasteiger partial charge in [-0.25, -0.2) is 0 Å². The van der Waals surface area contributed by atoms with Crippen molar-refractivity contribution in [2.75, 3.05) is 13.2 Å². The summed E-state index contributed by atoms with van der Waals surface area (Å²) in [6.07, 6.45) is 10.3. The van der Waals surface area contributed by atoms with Crippen LogP contribution in [-0.2, 0) is 22.7 Å². The van der Waals surface area contributed by atoms with Gasteiger partial charge in [0, 0.05) is 6.61 Å². The zero-order valence-corrected chi connectivity index (χ0v) is 17.5. The molecule has 0 unspecified atom stereocenters. The van der Waals surface area contributed by atoms with Gasteiger partial charge in [-0.05, 0) is 66.2 Å². The molecule has 0 amide bonds. The third kappa shape index (κ3) is 6.99. The summed E-state index contributed by atoms with van der Waals surface area (Å²) in [7, 11) is 0. The molecule has 1 aliphatic carbocycles. The maximum Gasteiger partial charge on any atom is 0.0721 e. The number of rotatable bonds is 11. The van der Waals surface area contributed by atoms with E-state index in [-0.39, 0.29) is 0 Å². The summed E-state index contributed by atoms with van der Waals surface area (Å²) in [6, 6.07) is 17.3. The maximum absolute atomic E-state index is 6.02. The van der Waals surface area contributed by atoms with Crippen LogP contribution in [0.25, 0.3) is 11.1 Å². The molecule has 29 heavy (non-hydrogen) atoms. The van der Waals surface area contributed by atoms with Gasteiger partial charge in [-0.2, -0.15) is 0 Å². The lowest BCUT2D eigenvalue weighted by Crippen LogP contribution is -2.18. The molecule has 0 aromatic heterocycles. The van der Waals surface area contributed by atoms with Gasteiger partial charge in [0.15, 0.2) is 0 Å². The third-order valence-corrected chi connectivity index (χ3v) is 5.83. The smallest absolute Gasteiger partial charge is 0.0721 e. The molecule has 1 saturated carbocycles. The van der Waals surface area contributed by atoms with Gasteiger partial charge in [-0.3, -0.25) is 0 Å². The SMILES string of the molecule is C=CCOCc1ccc(-c2ccc(COCC3CCC(CC=C)CC3)cc2)cc1. The molecule has 0 aliphatic heterocycles. The molecule has 0 N–H and O–H groups in total. The summed E-state index contributed by atoms with van der Waals surface area (Å²) in [5.41, 5.74) is 4.87. The Labute approximate surface area is 176 Å². The summed E-state index contributed by atoms with van der Waals surface area (Å²) in [5.74, 6) is 1.58. The first-order chi connectivity index (χ1) is 14.3. The lowest BCUT2D eigenvalue weighted by atomic mass is 9.81. The minimum atomic E-state index is 0.585. The van der Waals surface area contributed by atoms with Crippen molar-refractivity contribution in [2.24, 2.45) is 11.8 Å². The van der Waals surface area contributed by atoms with Gasteiger partial charge in [0.1, 0.15) is 0 Å². The molecular formula is C27H34O2. The summed E-state index contributed by atoms with van der Waals surface area (Å²) in [5, 5.41) is 0. The molecule has 0 spiro atoms. The topological polar surface area (TPSA) is 18.5 Å². The number of hydrogen-bond donors (Lipinski definition) is 0. The molecule has 1 fully saturated rings. The molecule has 2 aromatic rings. The molecule has 2 aromatic carbocycles. The molecule has 3 rings (SSSR count). The molecule has 2 nitrogen and oxygen atoms in total. The van der Waals surface area contributed by atoms with Crippen LogP contribution in [0.3, 0.4) is 0 Å². The molecule has 0 bridgehead atoms. The highest BCUT2D eigenvalue weighted by atomic mass is 16.5. The molecule has 154 valence electrons. The van der Waals surface area contributed by atoms with Gasteiger partial charge < -0.3 is 9.47 Å². The van der Waals surface area contributed by atoms with Gasteiger partial charge in [-0.15, -0.1) is 13.2 Å². The van der Waals surface area contributed by atoms with Gasteiger partial charge >= 0.3 is 0 Å². The van der Waals surface area contributed by atoms with Crippen LogP contribution in [0.5, 0.6) is 0 Å². The summed E-state index contributed by atoms with van der Waals surface area (Å²) < 4.78 is 11.5. The average molecular weight is 391 g/mol. The van der Waals surface area contributed by atoms with Crippen LogP contribution in [0.1, 0.15) is 43.2 Å². The van der Waals surface area contributed by atoms with Crippen LogP contribution < -0.4 is 0 Å². The molecule has 1 aliphatic rings. The largest absolute Gasteiger partial charge is 0.376 e. The lowest BCUT2D eigenvalue weighted by molar-refractivity contribution is 0.0673. The first-order valence-corrected chi connectivity index (χ1v) is 10.8. The minimum Gasteiger partial charge on any atom is -0.376 e. The monoisotopic (exact) mass is 390 g/mol. The normalized spacial score (nSPS) is 19.0. The van der Waals surface area contributed by atoms with Crippen LogP contribution in [0, 0.1) is 11.8 Å². The molecule has 0 atom stereocenters. The molecule has 0 heterocycles. The lowest BCUT2D eigenvalue weighted by Gasteiger charge is -2.27. The highest BCUT2D eigenvalue weighted by molar-refractivity contribution is 5.63. The number of hydrogen-bond acceptors (Lipinski definition) is 2. The van der Waals surface area contributed by atoms with Crippen molar-refractivity contribution in [1.82, 2.24) is 0 Å². The number of benzene rings is 2. The third-order valence-electron chi connectivity index (χ3n) is 5.83. The number of allylic oxidation sites excluding steroid dienone is 1. The average Bonchev–Trinajstić information content (AvgIpc) is 2.76. The fraction of sp³-hybridized carbons (Fsp3) is 0.407. The molecule has 0 saturated heterocycles. The Morgan fingerprint density at radius 1 is 0.690 bits per heavy atom. The Hall–Kier alpha value is -2.16. The summed E-state index contributed by atoms with van der Waals surface area (Å²) in [4.78, 5) is 0. The predicted molar refractivity (Wildman–Crippen MR) is 122 cm³/mol. The standard InChI is InChI=1S/C27H34O2/c1-3-5-22-6-8-23(9-7-22)20-29-21-25-12-16-27(17-13-25)26-14-10-24(11-15-26)19-28-18-4-2/h3-4,10-17,22-23H,1-2,5-9,18-21H2. The van der Waals surface area contributed by atoms with Crippen LogP contribution >= 0.6 is 0 Å². The van der Waals surface area contributed by atoms with Gasteiger partial charge in [0.2, 0.25) is 0 Å². The molecule has 0 radical (unpaired) electrons. The van der Waals surface area contributed by atoms with Gasteiger partial charge in [0.05, 0.1) is 19.8 Å². The molecular weight excluding hydrogens is 356 g/mol. The fourth-order valence-corrected chi connectivity index (χ4v) is 4.06. The highest BCUT2D eigenvalue weighted by Gasteiger charge is 2.20. The van der Waals surface area contributed by atoms with Crippen molar-refractivity contribution >= 4 is 0 Å². The van der Waals surface area contributed by atoms with E-state index in [0.717, 1.165) is 18.4 Å². The quantitative estimate of drug-likeness (QED) is 0.305. The summed E-state index contributed by atoms with van der Waals surface area (Å²) in [6.45, 7) is 10.3. The second-order valence-corrected chi connectivity index (χ2v) is 8.12. The van der Waals surface area contributed by atoms with Crippen molar-refractivity contribution < 1.29 is 9.47 Å². The van der Waals surface area contributed by atoms with E-state index in [0.29, 0.717) is 19.8 Å². The van der Waals surface area contributed by atoms with E-state index in [4.69, 9.17) is 9.47 Å². The predicted octanol–water partition coefficient (Wildman–Crippen LogP) is 6.96. The van der Waals surface area contributed by atoms with Crippen molar-refractivity contribution in [3.05, 3.63) is 85.0 Å². The zero-order valence-electron chi connectivity index (χ0n) is 17.5. The van der Waals surface area contributed by atoms with Crippen LogP contribution in [-0.4, -0.2) is 13.2 Å².